The average Bonchev–Trinajstić information content (AvgIpc) is 2.72. The van der Waals surface area contributed by atoms with Crippen molar-refractivity contribution in [3.8, 4) is 0 Å². The lowest BCUT2D eigenvalue weighted by atomic mass is 9.44. The number of fused-ring (bicyclic) bond motifs is 3. The average molecular weight is 413 g/mol. The molecule has 2 saturated carbocycles. The highest BCUT2D eigenvalue weighted by Crippen LogP contribution is 2.65. The Kier molecular flexibility index (Phi) is 6.33. The van der Waals surface area contributed by atoms with Gasteiger partial charge in [0.25, 0.3) is 0 Å². The minimum absolute atomic E-state index is 0.0970. The highest BCUT2D eigenvalue weighted by molar-refractivity contribution is 5.21. The van der Waals surface area contributed by atoms with Gasteiger partial charge >= 0.3 is 0 Å². The van der Waals surface area contributed by atoms with Crippen LogP contribution in [0, 0.1) is 28.6 Å². The van der Waals surface area contributed by atoms with Crippen LogP contribution in [0.3, 0.4) is 0 Å². The van der Waals surface area contributed by atoms with Gasteiger partial charge in [-0.15, -0.1) is 0 Å². The van der Waals surface area contributed by atoms with Crippen LogP contribution in [0.4, 0.5) is 0 Å². The molecule has 1 aromatic carbocycles. The molecule has 0 saturated heterocycles. The van der Waals surface area contributed by atoms with Crippen molar-refractivity contribution >= 4 is 0 Å². The lowest BCUT2D eigenvalue weighted by Crippen LogP contribution is -2.57. The fourth-order valence-electron chi connectivity index (χ4n) is 7.27. The third-order valence-corrected chi connectivity index (χ3v) is 8.77. The number of benzene rings is 1. The summed E-state index contributed by atoms with van der Waals surface area (Å²) in [6, 6.07) is 10.8. The zero-order valence-electron chi connectivity index (χ0n) is 19.3. The number of rotatable bonds is 6. The molecule has 1 aliphatic heterocycles. The molecule has 0 aromatic heterocycles. The molecule has 6 unspecified atom stereocenters. The second-order valence-electron chi connectivity index (χ2n) is 10.7. The third-order valence-electron chi connectivity index (χ3n) is 8.77. The summed E-state index contributed by atoms with van der Waals surface area (Å²) in [5, 5.41) is 9.28. The van der Waals surface area contributed by atoms with Crippen LogP contribution in [0.5, 0.6) is 0 Å². The number of aliphatic hydroxyl groups excluding tert-OH is 1. The van der Waals surface area contributed by atoms with Gasteiger partial charge in [0.1, 0.15) is 6.10 Å². The maximum atomic E-state index is 9.28. The topological polar surface area (TPSA) is 38.7 Å². The third kappa shape index (κ3) is 3.84. The van der Waals surface area contributed by atoms with Crippen molar-refractivity contribution in [2.24, 2.45) is 28.6 Å². The molecule has 1 heterocycles. The lowest BCUT2D eigenvalue weighted by molar-refractivity contribution is -0.176. The predicted octanol–water partition coefficient (Wildman–Crippen LogP) is 6.29. The van der Waals surface area contributed by atoms with Crippen LogP contribution in [-0.4, -0.2) is 24.4 Å². The van der Waals surface area contributed by atoms with Crippen LogP contribution in [-0.2, 0) is 9.47 Å². The molecule has 1 N–H and O–H groups in total. The van der Waals surface area contributed by atoms with Crippen LogP contribution in [0.1, 0.15) is 77.9 Å². The SMILES string of the molecule is CC1=CCC2C(CCC3C(C)(C)C(C(OCCCO)c4ccccc4)CCC23C)O1. The van der Waals surface area contributed by atoms with Gasteiger partial charge in [0.2, 0.25) is 0 Å². The molecule has 0 bridgehead atoms. The molecule has 0 amide bonds. The quantitative estimate of drug-likeness (QED) is 0.558. The number of aliphatic hydroxyl groups is 1. The molecule has 2 aliphatic carbocycles. The molecule has 3 aliphatic rings. The number of hydrogen-bond donors (Lipinski definition) is 1. The van der Waals surface area contributed by atoms with Gasteiger partial charge in [0.05, 0.1) is 11.9 Å². The maximum Gasteiger partial charge on any atom is 0.102 e. The van der Waals surface area contributed by atoms with Crippen molar-refractivity contribution in [1.29, 1.82) is 0 Å². The summed E-state index contributed by atoms with van der Waals surface area (Å²) in [5.41, 5.74) is 1.80. The molecular formula is C27H40O3. The molecule has 30 heavy (non-hydrogen) atoms. The first kappa shape index (κ1) is 21.9. The van der Waals surface area contributed by atoms with Crippen LogP contribution in [0.25, 0.3) is 0 Å². The Balaban J connectivity index is 1.62. The van der Waals surface area contributed by atoms with Crippen LogP contribution >= 0.6 is 0 Å². The molecule has 3 nitrogen and oxygen atoms in total. The first-order valence-corrected chi connectivity index (χ1v) is 12.0. The Morgan fingerprint density at radius 1 is 1.13 bits per heavy atom. The monoisotopic (exact) mass is 412 g/mol. The van der Waals surface area contributed by atoms with E-state index in [1.54, 1.807) is 0 Å². The normalized spacial score (nSPS) is 36.1. The summed E-state index contributed by atoms with van der Waals surface area (Å²) in [6.45, 7) is 10.5. The van der Waals surface area contributed by atoms with Gasteiger partial charge in [0, 0.05) is 19.1 Å². The molecule has 4 rings (SSSR count). The first-order chi connectivity index (χ1) is 14.4. The van der Waals surface area contributed by atoms with Crippen molar-refractivity contribution in [2.45, 2.75) is 78.4 Å². The van der Waals surface area contributed by atoms with Gasteiger partial charge in [-0.25, -0.2) is 0 Å². The Bertz CT molecular complexity index is 740. The van der Waals surface area contributed by atoms with Crippen molar-refractivity contribution in [3.63, 3.8) is 0 Å². The van der Waals surface area contributed by atoms with Gasteiger partial charge < -0.3 is 14.6 Å². The van der Waals surface area contributed by atoms with Gasteiger partial charge in [-0.1, -0.05) is 51.1 Å². The fourth-order valence-corrected chi connectivity index (χ4v) is 7.27. The first-order valence-electron chi connectivity index (χ1n) is 12.0. The van der Waals surface area contributed by atoms with E-state index in [4.69, 9.17) is 9.47 Å². The van der Waals surface area contributed by atoms with Crippen molar-refractivity contribution < 1.29 is 14.6 Å². The summed E-state index contributed by atoms with van der Waals surface area (Å²) in [7, 11) is 0. The van der Waals surface area contributed by atoms with E-state index < -0.39 is 0 Å². The minimum Gasteiger partial charge on any atom is -0.495 e. The second-order valence-corrected chi connectivity index (χ2v) is 10.7. The standard InChI is InChI=1S/C27H40O3/c1-19-11-12-21-23(30-19)13-14-24-26(2,3)22(15-16-27(21,24)4)25(29-18-8-17-28)20-9-6-5-7-10-20/h5-7,9-11,21-25,28H,8,12-18H2,1-4H3. The van der Waals surface area contributed by atoms with E-state index in [9.17, 15) is 5.11 Å². The molecule has 166 valence electrons. The summed E-state index contributed by atoms with van der Waals surface area (Å²) >= 11 is 0. The zero-order valence-corrected chi connectivity index (χ0v) is 19.3. The number of allylic oxidation sites excluding steroid dienone is 2. The van der Waals surface area contributed by atoms with Gasteiger partial charge in [0.15, 0.2) is 0 Å². The highest BCUT2D eigenvalue weighted by Gasteiger charge is 2.59. The van der Waals surface area contributed by atoms with Crippen LogP contribution in [0.15, 0.2) is 42.2 Å². The Morgan fingerprint density at radius 3 is 2.63 bits per heavy atom. The molecule has 1 aromatic rings. The molecule has 6 atom stereocenters. The largest absolute Gasteiger partial charge is 0.495 e. The predicted molar refractivity (Wildman–Crippen MR) is 121 cm³/mol. The Hall–Kier alpha value is -1.32. The molecule has 0 spiro atoms. The fraction of sp³-hybridized carbons (Fsp3) is 0.704. The van der Waals surface area contributed by atoms with Crippen LogP contribution < -0.4 is 0 Å². The van der Waals surface area contributed by atoms with E-state index in [2.05, 4.69) is 64.1 Å². The Morgan fingerprint density at radius 2 is 1.90 bits per heavy atom. The van der Waals surface area contributed by atoms with E-state index >= 15 is 0 Å². The summed E-state index contributed by atoms with van der Waals surface area (Å²) in [6.07, 6.45) is 9.53. The van der Waals surface area contributed by atoms with Crippen molar-refractivity contribution in [1.82, 2.24) is 0 Å². The van der Waals surface area contributed by atoms with Crippen molar-refractivity contribution in [3.05, 3.63) is 47.7 Å². The minimum atomic E-state index is 0.0970. The molecular weight excluding hydrogens is 372 g/mol. The second kappa shape index (κ2) is 8.67. The zero-order chi connectivity index (χ0) is 21.4. The summed E-state index contributed by atoms with van der Waals surface area (Å²) in [5.74, 6) is 2.90. The van der Waals surface area contributed by atoms with E-state index in [-0.39, 0.29) is 18.1 Å². The van der Waals surface area contributed by atoms with Gasteiger partial charge in [-0.2, -0.15) is 0 Å². The number of hydrogen-bond acceptors (Lipinski definition) is 3. The highest BCUT2D eigenvalue weighted by atomic mass is 16.5. The maximum absolute atomic E-state index is 9.28. The van der Waals surface area contributed by atoms with E-state index in [1.807, 2.05) is 0 Å². The summed E-state index contributed by atoms with van der Waals surface area (Å²) in [4.78, 5) is 0. The van der Waals surface area contributed by atoms with E-state index in [1.165, 1.54) is 37.7 Å². The Labute approximate surface area is 182 Å². The molecule has 0 radical (unpaired) electrons. The van der Waals surface area contributed by atoms with Gasteiger partial charge in [-0.05, 0) is 79.8 Å². The van der Waals surface area contributed by atoms with Gasteiger partial charge in [-0.3, -0.25) is 0 Å². The van der Waals surface area contributed by atoms with Crippen molar-refractivity contribution in [2.75, 3.05) is 13.2 Å². The molecule has 2 fully saturated rings. The molecule has 3 heteroatoms. The van der Waals surface area contributed by atoms with Crippen LogP contribution in [0.2, 0.25) is 0 Å². The smallest absolute Gasteiger partial charge is 0.102 e. The van der Waals surface area contributed by atoms with E-state index in [0.717, 1.165) is 5.76 Å². The summed E-state index contributed by atoms with van der Waals surface area (Å²) < 4.78 is 12.8. The van der Waals surface area contributed by atoms with E-state index in [0.29, 0.717) is 42.3 Å². The number of ether oxygens (including phenoxy) is 2. The lowest BCUT2D eigenvalue weighted by Gasteiger charge is -2.62.